The van der Waals surface area contributed by atoms with E-state index in [4.69, 9.17) is 0 Å². The smallest absolute Gasteiger partial charge is 0.0852 e. The van der Waals surface area contributed by atoms with Crippen LogP contribution >= 0.6 is 0 Å². The summed E-state index contributed by atoms with van der Waals surface area (Å²) in [7, 11) is 0. The lowest BCUT2D eigenvalue weighted by molar-refractivity contribution is 0.0789. The average Bonchev–Trinajstić information content (AvgIpc) is 2.41. The van der Waals surface area contributed by atoms with Crippen LogP contribution < -0.4 is 0 Å². The fourth-order valence-electron chi connectivity index (χ4n) is 3.45. The van der Waals surface area contributed by atoms with Crippen LogP contribution in [0.2, 0.25) is 0 Å². The highest BCUT2D eigenvalue weighted by molar-refractivity contribution is 6.07. The molecule has 0 atom stereocenters. The molecule has 0 fully saturated rings. The van der Waals surface area contributed by atoms with Gasteiger partial charge in [0.25, 0.3) is 0 Å². The van der Waals surface area contributed by atoms with Gasteiger partial charge in [-0.05, 0) is 60.4 Å². The van der Waals surface area contributed by atoms with Gasteiger partial charge in [-0.1, -0.05) is 48.5 Å². The molecule has 3 aromatic carbocycles. The van der Waals surface area contributed by atoms with Crippen LogP contribution in [0.4, 0.5) is 0 Å². The summed E-state index contributed by atoms with van der Waals surface area (Å²) in [6, 6.07) is 16.0. The van der Waals surface area contributed by atoms with E-state index in [0.717, 1.165) is 32.7 Å². The minimum Gasteiger partial charge on any atom is -0.386 e. The molecule has 0 spiro atoms. The van der Waals surface area contributed by atoms with Crippen molar-refractivity contribution >= 4 is 21.5 Å². The third kappa shape index (κ3) is 2.29. The van der Waals surface area contributed by atoms with Crippen LogP contribution in [0.25, 0.3) is 21.5 Å². The lowest BCUT2D eigenvalue weighted by atomic mass is 9.81. The molecule has 114 valence electrons. The molecule has 0 aliphatic rings. The normalized spacial score (nSPS) is 13.0. The van der Waals surface area contributed by atoms with Crippen molar-refractivity contribution in [3.05, 3.63) is 59.7 Å². The van der Waals surface area contributed by atoms with Crippen LogP contribution in [0, 0.1) is 0 Å². The van der Waals surface area contributed by atoms with Gasteiger partial charge in [0.05, 0.1) is 11.2 Å². The van der Waals surface area contributed by atoms with Gasteiger partial charge in [-0.25, -0.2) is 0 Å². The van der Waals surface area contributed by atoms with Crippen LogP contribution in [-0.2, 0) is 11.2 Å². The Hall–Kier alpha value is -1.90. The molecular weight excluding hydrogens is 272 g/mol. The molecule has 2 heteroatoms. The topological polar surface area (TPSA) is 40.5 Å². The summed E-state index contributed by atoms with van der Waals surface area (Å²) in [6.45, 7) is 7.24. The first-order valence-corrected chi connectivity index (χ1v) is 7.60. The Bertz CT molecular complexity index is 720. The van der Waals surface area contributed by atoms with E-state index >= 15 is 0 Å². The zero-order valence-electron chi connectivity index (χ0n) is 13.5. The van der Waals surface area contributed by atoms with Crippen LogP contribution in [0.15, 0.2) is 48.5 Å². The number of hydrogen-bond donors (Lipinski definition) is 2. The van der Waals surface area contributed by atoms with Gasteiger partial charge in [-0.3, -0.25) is 0 Å². The summed E-state index contributed by atoms with van der Waals surface area (Å²) in [4.78, 5) is 0. The minimum absolute atomic E-state index is 0.909. The van der Waals surface area contributed by atoms with Gasteiger partial charge in [0.1, 0.15) is 0 Å². The number of benzene rings is 3. The Morgan fingerprint density at radius 3 is 0.955 bits per heavy atom. The summed E-state index contributed by atoms with van der Waals surface area (Å²) in [5, 5.41) is 25.4. The predicted octanol–water partition coefficient (Wildman–Crippen LogP) is 4.45. The van der Waals surface area contributed by atoms with E-state index in [0.29, 0.717) is 0 Å². The summed E-state index contributed by atoms with van der Waals surface area (Å²) < 4.78 is 0. The van der Waals surface area contributed by atoms with E-state index in [9.17, 15) is 10.2 Å². The Morgan fingerprint density at radius 1 is 0.545 bits per heavy atom. The maximum atomic E-state index is 10.7. The second-order valence-corrected chi connectivity index (χ2v) is 6.96. The monoisotopic (exact) mass is 294 g/mol. The Kier molecular flexibility index (Phi) is 3.28. The average molecular weight is 294 g/mol. The van der Waals surface area contributed by atoms with Crippen LogP contribution in [-0.4, -0.2) is 10.2 Å². The zero-order chi connectivity index (χ0) is 16.1. The summed E-state index contributed by atoms with van der Waals surface area (Å²) in [6.07, 6.45) is 0. The summed E-state index contributed by atoms with van der Waals surface area (Å²) in [5.41, 5.74) is -0.104. The number of aliphatic hydroxyl groups is 2. The quantitative estimate of drug-likeness (QED) is 0.686. The van der Waals surface area contributed by atoms with E-state index in [-0.39, 0.29) is 0 Å². The van der Waals surface area contributed by atoms with Crippen molar-refractivity contribution in [2.45, 2.75) is 38.9 Å². The number of rotatable bonds is 2. The largest absolute Gasteiger partial charge is 0.386 e. The highest BCUT2D eigenvalue weighted by atomic mass is 16.3. The maximum absolute atomic E-state index is 10.7. The van der Waals surface area contributed by atoms with Crippen molar-refractivity contribution in [1.29, 1.82) is 0 Å². The molecule has 0 amide bonds. The molecule has 2 nitrogen and oxygen atoms in total. The van der Waals surface area contributed by atoms with Gasteiger partial charge in [0.15, 0.2) is 0 Å². The molecule has 2 N–H and O–H groups in total. The molecule has 3 rings (SSSR count). The third-order valence-electron chi connectivity index (χ3n) is 4.16. The highest BCUT2D eigenvalue weighted by Gasteiger charge is 2.28. The highest BCUT2D eigenvalue weighted by Crippen LogP contribution is 2.41. The first kappa shape index (κ1) is 15.0. The standard InChI is InChI=1S/C20H22O2/c1-19(2,21)17-13-9-5-7-11-15(13)18(20(3,4)22)16-12-8-6-10-14(16)17/h5-12,21-22H,1-4H3. The van der Waals surface area contributed by atoms with Gasteiger partial charge in [0, 0.05) is 0 Å². The van der Waals surface area contributed by atoms with Crippen LogP contribution in [0.1, 0.15) is 38.8 Å². The Balaban J connectivity index is 2.67. The van der Waals surface area contributed by atoms with Gasteiger partial charge in [0.2, 0.25) is 0 Å². The van der Waals surface area contributed by atoms with Crippen molar-refractivity contribution in [3.8, 4) is 0 Å². The molecule has 0 bridgehead atoms. The SMILES string of the molecule is CC(C)(O)c1c2ccccc2c(C(C)(C)O)c2ccccc12. The Labute approximate surface area is 131 Å². The van der Waals surface area contributed by atoms with E-state index in [2.05, 4.69) is 0 Å². The molecule has 0 aromatic heterocycles. The fourth-order valence-corrected chi connectivity index (χ4v) is 3.45. The minimum atomic E-state index is -0.961. The van der Waals surface area contributed by atoms with Crippen LogP contribution in [0.3, 0.4) is 0 Å². The third-order valence-corrected chi connectivity index (χ3v) is 4.16. The second kappa shape index (κ2) is 4.80. The van der Waals surface area contributed by atoms with E-state index < -0.39 is 11.2 Å². The van der Waals surface area contributed by atoms with Gasteiger partial charge < -0.3 is 10.2 Å². The second-order valence-electron chi connectivity index (χ2n) is 6.96. The molecule has 0 unspecified atom stereocenters. The molecule has 3 aromatic rings. The molecule has 0 aliphatic heterocycles. The zero-order valence-corrected chi connectivity index (χ0v) is 13.5. The van der Waals surface area contributed by atoms with Gasteiger partial charge >= 0.3 is 0 Å². The molecule has 22 heavy (non-hydrogen) atoms. The first-order valence-electron chi connectivity index (χ1n) is 7.60. The lowest BCUT2D eigenvalue weighted by Crippen LogP contribution is -2.21. The molecule has 0 radical (unpaired) electrons. The molecule has 0 heterocycles. The fraction of sp³-hybridized carbons (Fsp3) is 0.300. The van der Waals surface area contributed by atoms with E-state index in [1.165, 1.54) is 0 Å². The Morgan fingerprint density at radius 2 is 0.773 bits per heavy atom. The van der Waals surface area contributed by atoms with E-state index in [1.54, 1.807) is 0 Å². The van der Waals surface area contributed by atoms with E-state index in [1.807, 2.05) is 76.2 Å². The van der Waals surface area contributed by atoms with Crippen LogP contribution in [0.5, 0.6) is 0 Å². The number of fused-ring (bicyclic) bond motifs is 2. The van der Waals surface area contributed by atoms with Crippen molar-refractivity contribution in [2.75, 3.05) is 0 Å². The molecule has 0 saturated carbocycles. The summed E-state index contributed by atoms with van der Waals surface area (Å²) >= 11 is 0. The first-order chi connectivity index (χ1) is 10.2. The maximum Gasteiger partial charge on any atom is 0.0852 e. The summed E-state index contributed by atoms with van der Waals surface area (Å²) in [5.74, 6) is 0. The lowest BCUT2D eigenvalue weighted by Gasteiger charge is -2.28. The predicted molar refractivity (Wildman–Crippen MR) is 91.9 cm³/mol. The van der Waals surface area contributed by atoms with Crippen molar-refractivity contribution in [1.82, 2.24) is 0 Å². The van der Waals surface area contributed by atoms with Crippen molar-refractivity contribution < 1.29 is 10.2 Å². The van der Waals surface area contributed by atoms with Gasteiger partial charge in [-0.15, -0.1) is 0 Å². The number of hydrogen-bond acceptors (Lipinski definition) is 2. The molecule has 0 aliphatic carbocycles. The molecular formula is C20H22O2. The van der Waals surface area contributed by atoms with Crippen molar-refractivity contribution in [2.24, 2.45) is 0 Å². The van der Waals surface area contributed by atoms with Gasteiger partial charge in [-0.2, -0.15) is 0 Å². The van der Waals surface area contributed by atoms with Crippen molar-refractivity contribution in [3.63, 3.8) is 0 Å². The molecule has 0 saturated heterocycles.